The third-order valence-electron chi connectivity index (χ3n) is 1.70. The zero-order valence-corrected chi connectivity index (χ0v) is 10.0. The highest BCUT2D eigenvalue weighted by Gasteiger charge is 2.04. The molecule has 1 heterocycles. The number of aliphatic hydroxyl groups is 1. The van der Waals surface area contributed by atoms with E-state index in [1.54, 1.807) is 33.9 Å². The number of pyridine rings is 1. The number of hydrogen-bond donors (Lipinski definition) is 3. The second-order valence-corrected chi connectivity index (χ2v) is 5.66. The first-order valence-electron chi connectivity index (χ1n) is 4.56. The molecule has 0 saturated carbocycles. The minimum Gasteiger partial charge on any atom is -0.396 e. The Balaban J connectivity index is 2.37. The van der Waals surface area contributed by atoms with E-state index < -0.39 is 0 Å². The van der Waals surface area contributed by atoms with E-state index in [-0.39, 0.29) is 6.61 Å². The lowest BCUT2D eigenvalue weighted by molar-refractivity contribution is 0.289. The van der Waals surface area contributed by atoms with Crippen LogP contribution in [0.2, 0.25) is 0 Å². The van der Waals surface area contributed by atoms with Crippen LogP contribution in [0.15, 0.2) is 23.4 Å². The molecule has 84 valence electrons. The van der Waals surface area contributed by atoms with Gasteiger partial charge in [-0.25, -0.2) is 4.98 Å². The smallest absolute Gasteiger partial charge is 0.107 e. The average Bonchev–Trinajstić information content (AvgIpc) is 2.27. The monoisotopic (exact) mass is 246 g/mol. The van der Waals surface area contributed by atoms with Crippen LogP contribution in [0.1, 0.15) is 13.3 Å². The van der Waals surface area contributed by atoms with Crippen LogP contribution in [0.5, 0.6) is 0 Å². The van der Waals surface area contributed by atoms with Crippen molar-refractivity contribution in [2.24, 2.45) is 0 Å². The highest BCUT2D eigenvalue weighted by molar-refractivity contribution is 8.76. The minimum atomic E-state index is 0.218. The molecule has 6 heteroatoms. The van der Waals surface area contributed by atoms with Gasteiger partial charge in [0, 0.05) is 11.9 Å². The van der Waals surface area contributed by atoms with Gasteiger partial charge in [-0.1, -0.05) is 17.7 Å². The molecule has 0 aliphatic rings. The van der Waals surface area contributed by atoms with Crippen molar-refractivity contribution in [1.29, 1.82) is 0 Å². The topological polar surface area (TPSA) is 65.4 Å². The van der Waals surface area contributed by atoms with Crippen molar-refractivity contribution in [3.63, 3.8) is 0 Å². The van der Waals surface area contributed by atoms with Gasteiger partial charge in [0.25, 0.3) is 0 Å². The first kappa shape index (κ1) is 12.6. The first-order valence-corrected chi connectivity index (χ1v) is 6.78. The van der Waals surface area contributed by atoms with Crippen LogP contribution in [-0.4, -0.2) is 27.2 Å². The number of nitrogens with zero attached hydrogens (tertiary/aromatic N) is 1. The normalized spacial score (nSPS) is 12.5. The van der Waals surface area contributed by atoms with E-state index in [1.807, 2.05) is 11.5 Å². The molecule has 15 heavy (non-hydrogen) atoms. The molecule has 0 fully saturated rings. The Hall–Kier alpha value is -0.430. The van der Waals surface area contributed by atoms with Gasteiger partial charge >= 0.3 is 0 Å². The maximum Gasteiger partial charge on any atom is 0.107 e. The molecule has 1 atom stereocenters. The van der Waals surface area contributed by atoms with Gasteiger partial charge < -0.3 is 5.11 Å². The molecule has 0 bridgehead atoms. The van der Waals surface area contributed by atoms with Crippen LogP contribution >= 0.6 is 21.6 Å². The fraction of sp³-hybridized carbons (Fsp3) is 0.444. The second-order valence-electron chi connectivity index (χ2n) is 3.00. The quantitative estimate of drug-likeness (QED) is 0.529. The SMILES string of the molecule is CC(CCO)SSc1ccc(NO)cn1. The Kier molecular flexibility index (Phi) is 5.85. The number of aromatic nitrogens is 1. The van der Waals surface area contributed by atoms with Gasteiger partial charge in [-0.05, 0) is 29.3 Å². The van der Waals surface area contributed by atoms with Crippen molar-refractivity contribution in [3.05, 3.63) is 18.3 Å². The fourth-order valence-corrected chi connectivity index (χ4v) is 2.91. The molecular weight excluding hydrogens is 232 g/mol. The Bertz CT molecular complexity index is 282. The molecule has 0 aliphatic carbocycles. The van der Waals surface area contributed by atoms with Crippen LogP contribution in [0.4, 0.5) is 5.69 Å². The molecule has 0 aliphatic heterocycles. The lowest BCUT2D eigenvalue weighted by Gasteiger charge is -2.07. The highest BCUT2D eigenvalue weighted by atomic mass is 33.1. The molecule has 1 aromatic rings. The van der Waals surface area contributed by atoms with Crippen molar-refractivity contribution in [2.75, 3.05) is 12.1 Å². The van der Waals surface area contributed by atoms with Gasteiger partial charge in [0.15, 0.2) is 0 Å². The van der Waals surface area contributed by atoms with E-state index >= 15 is 0 Å². The van der Waals surface area contributed by atoms with E-state index in [0.29, 0.717) is 10.9 Å². The third kappa shape index (κ3) is 4.74. The van der Waals surface area contributed by atoms with Crippen molar-refractivity contribution >= 4 is 27.3 Å². The van der Waals surface area contributed by atoms with Gasteiger partial charge in [0.1, 0.15) is 5.03 Å². The molecule has 1 unspecified atom stereocenters. The van der Waals surface area contributed by atoms with Crippen molar-refractivity contribution in [1.82, 2.24) is 4.98 Å². The second kappa shape index (κ2) is 6.95. The van der Waals surface area contributed by atoms with Crippen molar-refractivity contribution < 1.29 is 10.3 Å². The van der Waals surface area contributed by atoms with Crippen LogP contribution in [0, 0.1) is 0 Å². The molecule has 0 spiro atoms. The molecule has 0 saturated heterocycles. The predicted molar refractivity (Wildman–Crippen MR) is 64.3 cm³/mol. The fourth-order valence-electron chi connectivity index (χ4n) is 0.857. The van der Waals surface area contributed by atoms with Crippen LogP contribution in [0.3, 0.4) is 0 Å². The zero-order chi connectivity index (χ0) is 11.1. The number of anilines is 1. The Morgan fingerprint density at radius 2 is 2.33 bits per heavy atom. The molecular formula is C9H14N2O2S2. The molecule has 4 nitrogen and oxygen atoms in total. The molecule has 0 aromatic carbocycles. The summed E-state index contributed by atoms with van der Waals surface area (Å²) in [7, 11) is 3.25. The molecule has 0 radical (unpaired) electrons. The highest BCUT2D eigenvalue weighted by Crippen LogP contribution is 2.34. The summed E-state index contributed by atoms with van der Waals surface area (Å²) < 4.78 is 0. The lowest BCUT2D eigenvalue weighted by Crippen LogP contribution is -1.97. The van der Waals surface area contributed by atoms with E-state index in [4.69, 9.17) is 10.3 Å². The maximum absolute atomic E-state index is 8.73. The average molecular weight is 246 g/mol. The molecule has 3 N–H and O–H groups in total. The predicted octanol–water partition coefficient (Wildman–Crippen LogP) is 2.39. The Labute approximate surface area is 96.8 Å². The summed E-state index contributed by atoms with van der Waals surface area (Å²) in [4.78, 5) is 4.14. The minimum absolute atomic E-state index is 0.218. The van der Waals surface area contributed by atoms with Crippen LogP contribution in [0.25, 0.3) is 0 Å². The van der Waals surface area contributed by atoms with Crippen molar-refractivity contribution in [3.8, 4) is 0 Å². The number of rotatable bonds is 6. The molecule has 1 rings (SSSR count). The summed E-state index contributed by atoms with van der Waals surface area (Å²) >= 11 is 0. The summed E-state index contributed by atoms with van der Waals surface area (Å²) in [6.07, 6.45) is 2.35. The Morgan fingerprint density at radius 1 is 1.53 bits per heavy atom. The van der Waals surface area contributed by atoms with Gasteiger partial charge in [-0.3, -0.25) is 10.7 Å². The standard InChI is InChI=1S/C9H14N2O2S2/c1-7(4-5-12)14-15-9-3-2-8(11-13)6-10-9/h2-3,6-7,11-13H,4-5H2,1H3. The number of hydrogen-bond acceptors (Lipinski definition) is 6. The van der Waals surface area contributed by atoms with Crippen LogP contribution < -0.4 is 5.48 Å². The van der Waals surface area contributed by atoms with E-state index in [9.17, 15) is 0 Å². The van der Waals surface area contributed by atoms with Gasteiger partial charge in [-0.15, -0.1) is 0 Å². The van der Waals surface area contributed by atoms with Gasteiger partial charge in [-0.2, -0.15) is 0 Å². The molecule has 0 amide bonds. The first-order chi connectivity index (χ1) is 7.26. The Morgan fingerprint density at radius 3 is 2.87 bits per heavy atom. The largest absolute Gasteiger partial charge is 0.396 e. The lowest BCUT2D eigenvalue weighted by atomic mass is 10.4. The maximum atomic E-state index is 8.73. The summed E-state index contributed by atoms with van der Waals surface area (Å²) in [5, 5.41) is 18.6. The van der Waals surface area contributed by atoms with Gasteiger partial charge in [0.05, 0.1) is 11.9 Å². The third-order valence-corrected chi connectivity index (χ3v) is 4.56. The summed E-state index contributed by atoms with van der Waals surface area (Å²) in [5.41, 5.74) is 2.60. The van der Waals surface area contributed by atoms with Gasteiger partial charge in [0.2, 0.25) is 0 Å². The van der Waals surface area contributed by atoms with Crippen LogP contribution in [-0.2, 0) is 0 Å². The summed E-state index contributed by atoms with van der Waals surface area (Å²) in [6, 6.07) is 3.59. The summed E-state index contributed by atoms with van der Waals surface area (Å²) in [5.74, 6) is 0. The van der Waals surface area contributed by atoms with E-state index in [2.05, 4.69) is 11.9 Å². The van der Waals surface area contributed by atoms with E-state index in [0.717, 1.165) is 11.4 Å². The van der Waals surface area contributed by atoms with Crippen molar-refractivity contribution in [2.45, 2.75) is 23.6 Å². The zero-order valence-electron chi connectivity index (χ0n) is 8.38. The van der Waals surface area contributed by atoms with E-state index in [1.165, 1.54) is 0 Å². The number of aliphatic hydroxyl groups excluding tert-OH is 1. The number of nitrogens with one attached hydrogen (secondary N) is 1. The summed E-state index contributed by atoms with van der Waals surface area (Å²) in [6.45, 7) is 2.28. The molecule has 1 aromatic heterocycles.